The standard InChI is InChI=1S/C22H22F3N3O4/c1-30-18-4-2-3-15(13-18)19-14-21(32-27-19)9-11-28(12-10-21)20(29)26-16-5-7-17(8-6-16)31-22(23,24)25/h2-8,13-14,27H,9-12H2,1H3,(H,26,29). The van der Waals surface area contributed by atoms with E-state index in [0.717, 1.165) is 29.1 Å². The predicted octanol–water partition coefficient (Wildman–Crippen LogP) is 4.54. The SMILES string of the molecule is COc1cccc(C2=CC3(CCN(C(=O)Nc4ccc(OC(F)(F)F)cc4)CC3)ON2)c1. The second-order valence-corrected chi connectivity index (χ2v) is 7.55. The number of ether oxygens (including phenoxy) is 2. The van der Waals surface area contributed by atoms with Gasteiger partial charge in [-0.3, -0.25) is 10.3 Å². The molecule has 0 aliphatic carbocycles. The lowest BCUT2D eigenvalue weighted by Gasteiger charge is -2.36. The zero-order valence-electron chi connectivity index (χ0n) is 17.2. The van der Waals surface area contributed by atoms with Gasteiger partial charge in [-0.2, -0.15) is 0 Å². The number of hydrogen-bond donors (Lipinski definition) is 2. The molecule has 32 heavy (non-hydrogen) atoms. The van der Waals surface area contributed by atoms with Crippen LogP contribution in [-0.2, 0) is 4.84 Å². The molecule has 7 nitrogen and oxygen atoms in total. The summed E-state index contributed by atoms with van der Waals surface area (Å²) in [5.41, 5.74) is 4.65. The van der Waals surface area contributed by atoms with Crippen LogP contribution in [0.15, 0.2) is 54.6 Å². The summed E-state index contributed by atoms with van der Waals surface area (Å²) in [4.78, 5) is 20.1. The van der Waals surface area contributed by atoms with Crippen molar-refractivity contribution in [3.05, 3.63) is 60.2 Å². The predicted molar refractivity (Wildman–Crippen MR) is 111 cm³/mol. The van der Waals surface area contributed by atoms with Crippen LogP contribution in [0.5, 0.6) is 11.5 Å². The molecule has 2 heterocycles. The number of carbonyl (C=O) groups excluding carboxylic acids is 1. The number of anilines is 1. The summed E-state index contributed by atoms with van der Waals surface area (Å²) in [5.74, 6) is 0.399. The molecule has 2 aromatic rings. The zero-order valence-corrected chi connectivity index (χ0v) is 17.2. The number of alkyl halides is 3. The molecule has 2 aliphatic heterocycles. The van der Waals surface area contributed by atoms with E-state index in [1.165, 1.54) is 12.1 Å². The highest BCUT2D eigenvalue weighted by Crippen LogP contribution is 2.35. The van der Waals surface area contributed by atoms with Crippen molar-refractivity contribution in [3.8, 4) is 11.5 Å². The van der Waals surface area contributed by atoms with Gasteiger partial charge in [0, 0.05) is 37.2 Å². The summed E-state index contributed by atoms with van der Waals surface area (Å²) in [6, 6.07) is 12.3. The molecule has 2 amide bonds. The number of nitrogens with zero attached hydrogens (tertiary/aromatic N) is 1. The van der Waals surface area contributed by atoms with Crippen LogP contribution in [0.1, 0.15) is 18.4 Å². The van der Waals surface area contributed by atoms with Crippen LogP contribution in [0.2, 0.25) is 0 Å². The smallest absolute Gasteiger partial charge is 0.497 e. The van der Waals surface area contributed by atoms with Gasteiger partial charge in [0.2, 0.25) is 0 Å². The molecule has 0 saturated carbocycles. The summed E-state index contributed by atoms with van der Waals surface area (Å²) >= 11 is 0. The lowest BCUT2D eigenvalue weighted by atomic mass is 9.90. The van der Waals surface area contributed by atoms with Crippen molar-refractivity contribution in [1.82, 2.24) is 10.4 Å². The molecule has 0 radical (unpaired) electrons. The quantitative estimate of drug-likeness (QED) is 0.718. The Hall–Kier alpha value is -3.40. The first-order chi connectivity index (χ1) is 15.3. The molecular weight excluding hydrogens is 427 g/mol. The number of methoxy groups -OCH3 is 1. The van der Waals surface area contributed by atoms with Crippen LogP contribution < -0.4 is 20.3 Å². The average Bonchev–Trinajstić information content (AvgIpc) is 3.18. The fourth-order valence-electron chi connectivity index (χ4n) is 3.69. The van der Waals surface area contributed by atoms with E-state index in [0.29, 0.717) is 31.6 Å². The van der Waals surface area contributed by atoms with E-state index in [9.17, 15) is 18.0 Å². The van der Waals surface area contributed by atoms with Crippen molar-refractivity contribution in [1.29, 1.82) is 0 Å². The van der Waals surface area contributed by atoms with Gasteiger partial charge in [-0.1, -0.05) is 12.1 Å². The minimum atomic E-state index is -4.76. The molecule has 2 N–H and O–H groups in total. The second kappa shape index (κ2) is 8.62. The van der Waals surface area contributed by atoms with Crippen molar-refractivity contribution in [3.63, 3.8) is 0 Å². The monoisotopic (exact) mass is 449 g/mol. The minimum Gasteiger partial charge on any atom is -0.497 e. The normalized spacial score (nSPS) is 17.5. The van der Waals surface area contributed by atoms with E-state index in [1.807, 2.05) is 30.3 Å². The number of urea groups is 1. The number of piperidine rings is 1. The highest BCUT2D eigenvalue weighted by Gasteiger charge is 2.40. The fraction of sp³-hybridized carbons (Fsp3) is 0.318. The Bertz CT molecular complexity index is 1000. The number of likely N-dealkylation sites (tertiary alicyclic amines) is 1. The number of hydroxylamine groups is 1. The minimum absolute atomic E-state index is 0.327. The van der Waals surface area contributed by atoms with E-state index in [2.05, 4.69) is 15.5 Å². The number of halogens is 3. The van der Waals surface area contributed by atoms with Gasteiger partial charge in [-0.05, 0) is 42.5 Å². The summed E-state index contributed by atoms with van der Waals surface area (Å²) < 4.78 is 45.9. The number of amides is 2. The van der Waals surface area contributed by atoms with Crippen molar-refractivity contribution in [2.24, 2.45) is 0 Å². The fourth-order valence-corrected chi connectivity index (χ4v) is 3.69. The Morgan fingerprint density at radius 2 is 1.84 bits per heavy atom. The Balaban J connectivity index is 1.33. The number of hydrogen-bond acceptors (Lipinski definition) is 5. The maximum absolute atomic E-state index is 12.6. The zero-order chi connectivity index (χ0) is 22.8. The molecule has 2 aromatic carbocycles. The van der Waals surface area contributed by atoms with Crippen LogP contribution in [0.25, 0.3) is 5.70 Å². The van der Waals surface area contributed by atoms with E-state index >= 15 is 0 Å². The Morgan fingerprint density at radius 3 is 2.50 bits per heavy atom. The molecule has 0 atom stereocenters. The van der Waals surface area contributed by atoms with Crippen LogP contribution in [-0.4, -0.2) is 43.1 Å². The van der Waals surface area contributed by atoms with Crippen LogP contribution in [0, 0.1) is 0 Å². The molecule has 0 aromatic heterocycles. The molecule has 0 bridgehead atoms. The van der Waals surface area contributed by atoms with Gasteiger partial charge >= 0.3 is 12.4 Å². The van der Waals surface area contributed by atoms with Crippen LogP contribution in [0.4, 0.5) is 23.7 Å². The van der Waals surface area contributed by atoms with Crippen LogP contribution in [0.3, 0.4) is 0 Å². The van der Waals surface area contributed by atoms with Crippen molar-refractivity contribution >= 4 is 17.4 Å². The maximum atomic E-state index is 12.6. The third kappa shape index (κ3) is 5.08. The summed E-state index contributed by atoms with van der Waals surface area (Å²) in [6.07, 6.45) is -1.53. The van der Waals surface area contributed by atoms with Gasteiger partial charge < -0.3 is 19.7 Å². The highest BCUT2D eigenvalue weighted by atomic mass is 19.4. The van der Waals surface area contributed by atoms with Gasteiger partial charge in [0.15, 0.2) is 0 Å². The first-order valence-corrected chi connectivity index (χ1v) is 9.98. The third-order valence-electron chi connectivity index (χ3n) is 5.39. The largest absolute Gasteiger partial charge is 0.573 e. The van der Waals surface area contributed by atoms with Crippen molar-refractivity contribution in [2.75, 3.05) is 25.5 Å². The first kappa shape index (κ1) is 21.8. The average molecular weight is 449 g/mol. The molecule has 10 heteroatoms. The molecule has 1 fully saturated rings. The topological polar surface area (TPSA) is 72.1 Å². The molecule has 0 unspecified atom stereocenters. The van der Waals surface area contributed by atoms with Gasteiger partial charge in [0.1, 0.15) is 17.1 Å². The van der Waals surface area contributed by atoms with E-state index in [1.54, 1.807) is 12.0 Å². The molecular formula is C22H22F3N3O4. The van der Waals surface area contributed by atoms with Crippen molar-refractivity contribution in [2.45, 2.75) is 24.8 Å². The number of rotatable bonds is 4. The summed E-state index contributed by atoms with van der Waals surface area (Å²) in [7, 11) is 1.61. The maximum Gasteiger partial charge on any atom is 0.573 e. The molecule has 170 valence electrons. The van der Waals surface area contributed by atoms with Gasteiger partial charge in [0.05, 0.1) is 12.8 Å². The Kier molecular flexibility index (Phi) is 5.88. The number of nitrogens with one attached hydrogen (secondary N) is 2. The second-order valence-electron chi connectivity index (χ2n) is 7.55. The number of carbonyl (C=O) groups is 1. The third-order valence-corrected chi connectivity index (χ3v) is 5.39. The molecule has 1 saturated heterocycles. The lowest BCUT2D eigenvalue weighted by molar-refractivity contribution is -0.274. The van der Waals surface area contributed by atoms with Crippen LogP contribution >= 0.6 is 0 Å². The van der Waals surface area contributed by atoms with Gasteiger partial charge in [-0.15, -0.1) is 13.2 Å². The first-order valence-electron chi connectivity index (χ1n) is 9.98. The Labute approximate surface area is 182 Å². The van der Waals surface area contributed by atoms with Crippen molar-refractivity contribution < 1.29 is 32.3 Å². The Morgan fingerprint density at radius 1 is 1.12 bits per heavy atom. The van der Waals surface area contributed by atoms with Gasteiger partial charge in [0.25, 0.3) is 0 Å². The lowest BCUT2D eigenvalue weighted by Crippen LogP contribution is -2.48. The summed E-state index contributed by atoms with van der Waals surface area (Å²) in [6.45, 7) is 0.926. The summed E-state index contributed by atoms with van der Waals surface area (Å²) in [5, 5.41) is 2.69. The molecule has 1 spiro atoms. The molecule has 4 rings (SSSR count). The molecule has 2 aliphatic rings. The van der Waals surface area contributed by atoms with Gasteiger partial charge in [-0.25, -0.2) is 4.79 Å². The van der Waals surface area contributed by atoms with E-state index in [4.69, 9.17) is 9.57 Å². The number of benzene rings is 2. The van der Waals surface area contributed by atoms with E-state index in [-0.39, 0.29) is 11.8 Å². The van der Waals surface area contributed by atoms with E-state index < -0.39 is 12.0 Å². The highest BCUT2D eigenvalue weighted by molar-refractivity contribution is 5.89.